The van der Waals surface area contributed by atoms with Gasteiger partial charge in [0.25, 0.3) is 5.91 Å². The molecule has 1 saturated heterocycles. The van der Waals surface area contributed by atoms with E-state index in [1.54, 1.807) is 6.07 Å². The van der Waals surface area contributed by atoms with Crippen molar-refractivity contribution in [2.45, 2.75) is 38.1 Å². The molecule has 1 aliphatic heterocycles. The summed E-state index contributed by atoms with van der Waals surface area (Å²) in [5.41, 5.74) is 6.56. The number of nitrogens with one attached hydrogen (secondary N) is 1. The van der Waals surface area contributed by atoms with Crippen LogP contribution < -0.4 is 16.0 Å². The Balaban J connectivity index is 1.43. The van der Waals surface area contributed by atoms with E-state index < -0.39 is 11.9 Å². The highest BCUT2D eigenvalue weighted by atomic mass is 19.1. The van der Waals surface area contributed by atoms with Gasteiger partial charge in [-0.15, -0.1) is 0 Å². The number of nitrogens with two attached hydrogens (primary N) is 1. The quantitative estimate of drug-likeness (QED) is 0.640. The summed E-state index contributed by atoms with van der Waals surface area (Å²) in [4.78, 5) is 28.7. The number of carbonyl (C=O) groups excluding carboxylic acids is 2. The Hall–Kier alpha value is -2.03. The Bertz CT molecular complexity index is 782. The molecule has 1 heterocycles. The molecule has 164 valence electrons. The molecule has 0 unspecified atom stereocenters. The fraction of sp³-hybridized carbons (Fsp3) is 0.636. The van der Waals surface area contributed by atoms with Crippen LogP contribution in [0.15, 0.2) is 18.2 Å². The molecule has 0 radical (unpaired) electrons. The Kier molecular flexibility index (Phi) is 6.65. The number of ether oxygens (including phenoxy) is 1. The Morgan fingerprint density at radius 2 is 2.00 bits per heavy atom. The number of nitrogens with zero attached hydrogens (tertiary/aromatic N) is 2. The summed E-state index contributed by atoms with van der Waals surface area (Å²) < 4.78 is 19.8. The summed E-state index contributed by atoms with van der Waals surface area (Å²) >= 11 is 0. The van der Waals surface area contributed by atoms with Gasteiger partial charge in [-0.05, 0) is 55.7 Å². The Labute approximate surface area is 176 Å². The number of amides is 2. The Morgan fingerprint density at radius 3 is 2.57 bits per heavy atom. The molecule has 0 spiro atoms. The summed E-state index contributed by atoms with van der Waals surface area (Å²) in [6.07, 6.45) is 6.07. The van der Waals surface area contributed by atoms with Crippen LogP contribution >= 0.6 is 0 Å². The smallest absolute Gasteiger partial charge is 0.253 e. The van der Waals surface area contributed by atoms with Crippen LogP contribution in [0.3, 0.4) is 0 Å². The maximum atomic E-state index is 14.7. The van der Waals surface area contributed by atoms with E-state index in [1.165, 1.54) is 49.1 Å². The topological polar surface area (TPSA) is 87.9 Å². The van der Waals surface area contributed by atoms with Gasteiger partial charge in [-0.3, -0.25) is 14.5 Å². The van der Waals surface area contributed by atoms with Gasteiger partial charge in [0.1, 0.15) is 18.5 Å². The van der Waals surface area contributed by atoms with E-state index in [9.17, 15) is 14.0 Å². The molecule has 0 bridgehead atoms. The van der Waals surface area contributed by atoms with Gasteiger partial charge in [0, 0.05) is 31.9 Å². The molecule has 2 aliphatic carbocycles. The molecule has 3 aliphatic rings. The zero-order chi connectivity index (χ0) is 21.1. The van der Waals surface area contributed by atoms with Crippen LogP contribution in [0, 0.1) is 17.7 Å². The highest BCUT2D eigenvalue weighted by Gasteiger charge is 2.34. The molecule has 8 heteroatoms. The lowest BCUT2D eigenvalue weighted by atomic mass is 9.84. The van der Waals surface area contributed by atoms with Crippen molar-refractivity contribution in [2.75, 3.05) is 49.6 Å². The van der Waals surface area contributed by atoms with Gasteiger partial charge >= 0.3 is 0 Å². The van der Waals surface area contributed by atoms with Crippen molar-refractivity contribution >= 4 is 23.2 Å². The molecule has 7 nitrogen and oxygen atoms in total. The van der Waals surface area contributed by atoms with E-state index in [4.69, 9.17) is 10.5 Å². The molecule has 2 amide bonds. The van der Waals surface area contributed by atoms with E-state index in [1.807, 2.05) is 0 Å². The van der Waals surface area contributed by atoms with Crippen molar-refractivity contribution in [3.8, 4) is 0 Å². The monoisotopic (exact) mass is 418 g/mol. The third-order valence-electron chi connectivity index (χ3n) is 6.38. The van der Waals surface area contributed by atoms with Gasteiger partial charge in [0.15, 0.2) is 0 Å². The maximum absolute atomic E-state index is 14.7. The lowest BCUT2D eigenvalue weighted by Crippen LogP contribution is -2.51. The molecule has 1 aromatic carbocycles. The Morgan fingerprint density at radius 1 is 1.27 bits per heavy atom. The van der Waals surface area contributed by atoms with Crippen molar-refractivity contribution < 1.29 is 18.7 Å². The van der Waals surface area contributed by atoms with Gasteiger partial charge in [0.05, 0.1) is 12.3 Å². The SMILES string of the molecule is NC[C@H](C(=O)Nc1ccc(N2CCOCC2=O)cc1F)N(CC1CCC1)CC1CC1. The maximum Gasteiger partial charge on any atom is 0.253 e. The van der Waals surface area contributed by atoms with Crippen LogP contribution in [0.2, 0.25) is 0 Å². The highest BCUT2D eigenvalue weighted by Crippen LogP contribution is 2.33. The second-order valence-electron chi connectivity index (χ2n) is 8.70. The van der Waals surface area contributed by atoms with E-state index in [-0.39, 0.29) is 30.7 Å². The summed E-state index contributed by atoms with van der Waals surface area (Å²) in [6, 6.07) is 3.98. The minimum absolute atomic E-state index is 0.00386. The van der Waals surface area contributed by atoms with Crippen molar-refractivity contribution in [3.63, 3.8) is 0 Å². The first kappa shape index (κ1) is 21.2. The first-order valence-electron chi connectivity index (χ1n) is 11.0. The first-order valence-corrected chi connectivity index (χ1v) is 11.0. The molecule has 3 N–H and O–H groups in total. The lowest BCUT2D eigenvalue weighted by Gasteiger charge is -2.36. The molecule has 4 rings (SSSR count). The average Bonchev–Trinajstić information content (AvgIpc) is 3.51. The van der Waals surface area contributed by atoms with Gasteiger partial charge in [-0.1, -0.05) is 6.42 Å². The zero-order valence-electron chi connectivity index (χ0n) is 17.3. The van der Waals surface area contributed by atoms with Crippen LogP contribution in [0.25, 0.3) is 0 Å². The average molecular weight is 419 g/mol. The van der Waals surface area contributed by atoms with Crippen LogP contribution in [-0.4, -0.2) is 62.1 Å². The minimum Gasteiger partial charge on any atom is -0.370 e. The molecular formula is C22H31FN4O3. The van der Waals surface area contributed by atoms with E-state index in [2.05, 4.69) is 10.2 Å². The molecule has 1 aromatic rings. The van der Waals surface area contributed by atoms with Gasteiger partial charge in [-0.25, -0.2) is 4.39 Å². The number of rotatable bonds is 9. The number of benzene rings is 1. The largest absolute Gasteiger partial charge is 0.370 e. The molecule has 0 aromatic heterocycles. The third kappa shape index (κ3) is 4.99. The van der Waals surface area contributed by atoms with Crippen molar-refractivity contribution in [1.82, 2.24) is 4.90 Å². The van der Waals surface area contributed by atoms with Crippen molar-refractivity contribution in [1.29, 1.82) is 0 Å². The van der Waals surface area contributed by atoms with Gasteiger partial charge < -0.3 is 20.7 Å². The van der Waals surface area contributed by atoms with Gasteiger partial charge in [-0.2, -0.15) is 0 Å². The summed E-state index contributed by atoms with van der Waals surface area (Å²) in [6.45, 7) is 2.76. The number of hydrogen-bond donors (Lipinski definition) is 2. The van der Waals surface area contributed by atoms with E-state index in [0.717, 1.165) is 13.1 Å². The number of hydrogen-bond acceptors (Lipinski definition) is 5. The van der Waals surface area contributed by atoms with Crippen molar-refractivity contribution in [3.05, 3.63) is 24.0 Å². The second-order valence-corrected chi connectivity index (χ2v) is 8.70. The summed E-state index contributed by atoms with van der Waals surface area (Å²) in [5, 5.41) is 2.72. The highest BCUT2D eigenvalue weighted by molar-refractivity contribution is 5.97. The van der Waals surface area contributed by atoms with E-state index in [0.29, 0.717) is 30.7 Å². The van der Waals surface area contributed by atoms with E-state index >= 15 is 0 Å². The van der Waals surface area contributed by atoms with Crippen LogP contribution in [0.4, 0.5) is 15.8 Å². The number of morpholine rings is 1. The fourth-order valence-corrected chi connectivity index (χ4v) is 4.17. The number of carbonyl (C=O) groups is 2. The summed E-state index contributed by atoms with van der Waals surface area (Å²) in [5.74, 6) is 0.240. The number of anilines is 2. The molecule has 1 atom stereocenters. The second kappa shape index (κ2) is 9.41. The first-order chi connectivity index (χ1) is 14.5. The molecule has 3 fully saturated rings. The van der Waals surface area contributed by atoms with Crippen LogP contribution in [-0.2, 0) is 14.3 Å². The normalized spacial score (nSPS) is 20.9. The third-order valence-corrected chi connectivity index (χ3v) is 6.38. The predicted molar refractivity (Wildman–Crippen MR) is 113 cm³/mol. The predicted octanol–water partition coefficient (Wildman–Crippen LogP) is 1.97. The van der Waals surface area contributed by atoms with Crippen LogP contribution in [0.1, 0.15) is 32.1 Å². The number of halogens is 1. The standard InChI is InChI=1S/C22H31FN4O3/c23-18-10-17(27-8-9-30-14-21(27)28)6-7-19(18)25-22(29)20(11-24)26(13-16-4-5-16)12-15-2-1-3-15/h6-7,10,15-16,20H,1-5,8-9,11-14,24H2,(H,25,29)/t20-/m1/s1. The molecular weight excluding hydrogens is 387 g/mol. The van der Waals surface area contributed by atoms with Crippen molar-refractivity contribution in [2.24, 2.45) is 17.6 Å². The summed E-state index contributed by atoms with van der Waals surface area (Å²) in [7, 11) is 0. The minimum atomic E-state index is -0.566. The molecule has 2 saturated carbocycles. The zero-order valence-corrected chi connectivity index (χ0v) is 17.3. The van der Waals surface area contributed by atoms with Crippen LogP contribution in [0.5, 0.6) is 0 Å². The van der Waals surface area contributed by atoms with Gasteiger partial charge in [0.2, 0.25) is 5.91 Å². The fourth-order valence-electron chi connectivity index (χ4n) is 4.17. The lowest BCUT2D eigenvalue weighted by molar-refractivity contribution is -0.125. The molecule has 30 heavy (non-hydrogen) atoms.